The van der Waals surface area contributed by atoms with Gasteiger partial charge >= 0.3 is 12.0 Å². The van der Waals surface area contributed by atoms with Gasteiger partial charge in [0, 0.05) is 20.1 Å². The zero-order valence-electron chi connectivity index (χ0n) is 10.5. The quantitative estimate of drug-likeness (QED) is 0.765. The lowest BCUT2D eigenvalue weighted by atomic mass is 10.2. The van der Waals surface area contributed by atoms with E-state index in [2.05, 4.69) is 0 Å². The van der Waals surface area contributed by atoms with Crippen molar-refractivity contribution in [1.82, 2.24) is 9.80 Å². The first-order chi connectivity index (χ1) is 8.47. The molecule has 2 atom stereocenters. The second-order valence-electron chi connectivity index (χ2n) is 4.32. The second-order valence-corrected chi connectivity index (χ2v) is 4.32. The van der Waals surface area contributed by atoms with E-state index < -0.39 is 12.0 Å². The monoisotopic (exact) mass is 255 g/mol. The molecule has 1 aliphatic heterocycles. The number of carboxylic acids is 1. The number of rotatable bonds is 3. The smallest absolute Gasteiger partial charge is 0.328 e. The predicted molar refractivity (Wildman–Crippen MR) is 61.8 cm³/mol. The van der Waals surface area contributed by atoms with Gasteiger partial charge < -0.3 is 19.6 Å². The molecule has 2 amide bonds. The highest BCUT2D eigenvalue weighted by atomic mass is 16.5. The minimum Gasteiger partial charge on any atom is -0.480 e. The molecule has 0 saturated carbocycles. The van der Waals surface area contributed by atoms with Crippen LogP contribution >= 0.6 is 0 Å². The standard InChI is InChI=1S/C11H17N3O4/c1-8(5-12)6-13(2)11(17)14-3-4-18-7-9(14)10(15)16/h8-9H,3-4,6-7H2,1-2H3,(H,15,16). The van der Waals surface area contributed by atoms with E-state index in [1.807, 2.05) is 6.07 Å². The van der Waals surface area contributed by atoms with Crippen molar-refractivity contribution < 1.29 is 19.4 Å². The van der Waals surface area contributed by atoms with Crippen LogP contribution in [0.3, 0.4) is 0 Å². The highest BCUT2D eigenvalue weighted by Crippen LogP contribution is 2.11. The lowest BCUT2D eigenvalue weighted by molar-refractivity contribution is -0.147. The number of hydrogen-bond acceptors (Lipinski definition) is 4. The summed E-state index contributed by atoms with van der Waals surface area (Å²) in [6.07, 6.45) is 0. The van der Waals surface area contributed by atoms with Crippen molar-refractivity contribution in [1.29, 1.82) is 5.26 Å². The number of morpholine rings is 1. The first kappa shape index (κ1) is 14.3. The molecule has 2 unspecified atom stereocenters. The third-order valence-corrected chi connectivity index (χ3v) is 2.75. The lowest BCUT2D eigenvalue weighted by Gasteiger charge is -2.35. The first-order valence-corrected chi connectivity index (χ1v) is 5.69. The fourth-order valence-corrected chi connectivity index (χ4v) is 1.79. The fraction of sp³-hybridized carbons (Fsp3) is 0.727. The van der Waals surface area contributed by atoms with Crippen molar-refractivity contribution in [2.75, 3.05) is 33.4 Å². The molecule has 1 fully saturated rings. The Bertz CT molecular complexity index is 366. The van der Waals surface area contributed by atoms with Crippen LogP contribution in [-0.4, -0.2) is 66.3 Å². The molecular weight excluding hydrogens is 238 g/mol. The second kappa shape index (κ2) is 6.21. The number of ether oxygens (including phenoxy) is 1. The van der Waals surface area contributed by atoms with Crippen molar-refractivity contribution in [3.63, 3.8) is 0 Å². The van der Waals surface area contributed by atoms with Crippen LogP contribution in [-0.2, 0) is 9.53 Å². The van der Waals surface area contributed by atoms with Crippen molar-refractivity contribution in [2.24, 2.45) is 5.92 Å². The van der Waals surface area contributed by atoms with Crippen LogP contribution in [0.2, 0.25) is 0 Å². The maximum atomic E-state index is 12.1. The molecule has 1 N–H and O–H groups in total. The van der Waals surface area contributed by atoms with Gasteiger partial charge in [-0.25, -0.2) is 9.59 Å². The molecule has 1 aliphatic rings. The molecule has 1 rings (SSSR count). The Morgan fingerprint density at radius 2 is 2.33 bits per heavy atom. The third kappa shape index (κ3) is 3.34. The van der Waals surface area contributed by atoms with E-state index >= 15 is 0 Å². The molecule has 0 bridgehead atoms. The SMILES string of the molecule is CC(C#N)CN(C)C(=O)N1CCOCC1C(=O)O. The Morgan fingerprint density at radius 1 is 1.67 bits per heavy atom. The average Bonchev–Trinajstić information content (AvgIpc) is 2.37. The van der Waals surface area contributed by atoms with E-state index in [-0.39, 0.29) is 31.6 Å². The number of carboxylic acid groups (broad SMARTS) is 1. The van der Waals surface area contributed by atoms with Crippen molar-refractivity contribution in [2.45, 2.75) is 13.0 Å². The molecule has 7 heteroatoms. The summed E-state index contributed by atoms with van der Waals surface area (Å²) >= 11 is 0. The van der Waals surface area contributed by atoms with Crippen LogP contribution in [0.5, 0.6) is 0 Å². The van der Waals surface area contributed by atoms with Crippen LogP contribution in [0.4, 0.5) is 4.79 Å². The Kier molecular flexibility index (Phi) is 4.92. The normalized spacial score (nSPS) is 20.9. The van der Waals surface area contributed by atoms with Gasteiger partial charge in [0.15, 0.2) is 6.04 Å². The summed E-state index contributed by atoms with van der Waals surface area (Å²) in [4.78, 5) is 25.8. The molecule has 7 nitrogen and oxygen atoms in total. The van der Waals surface area contributed by atoms with Gasteiger partial charge in [0.05, 0.1) is 25.2 Å². The van der Waals surface area contributed by atoms with Gasteiger partial charge in [0.2, 0.25) is 0 Å². The van der Waals surface area contributed by atoms with Crippen LogP contribution in [0.15, 0.2) is 0 Å². The number of carbonyl (C=O) groups is 2. The highest BCUT2D eigenvalue weighted by Gasteiger charge is 2.34. The number of aliphatic carboxylic acids is 1. The molecule has 1 heterocycles. The molecule has 0 aromatic rings. The summed E-state index contributed by atoms with van der Waals surface area (Å²) in [7, 11) is 1.56. The predicted octanol–water partition coefficient (Wildman–Crippen LogP) is -0.0167. The zero-order valence-corrected chi connectivity index (χ0v) is 10.5. The number of urea groups is 1. The number of amides is 2. The molecule has 0 aromatic heterocycles. The van der Waals surface area contributed by atoms with Crippen LogP contribution in [0.1, 0.15) is 6.92 Å². The van der Waals surface area contributed by atoms with Gasteiger partial charge in [-0.05, 0) is 6.92 Å². The zero-order chi connectivity index (χ0) is 13.7. The summed E-state index contributed by atoms with van der Waals surface area (Å²) in [6.45, 7) is 2.57. The Morgan fingerprint density at radius 3 is 2.89 bits per heavy atom. The van der Waals surface area contributed by atoms with E-state index in [0.29, 0.717) is 6.61 Å². The van der Waals surface area contributed by atoms with Gasteiger partial charge in [-0.15, -0.1) is 0 Å². The highest BCUT2D eigenvalue weighted by molar-refractivity contribution is 5.83. The lowest BCUT2D eigenvalue weighted by Crippen LogP contribution is -2.56. The molecule has 0 aromatic carbocycles. The summed E-state index contributed by atoms with van der Waals surface area (Å²) in [5, 5.41) is 17.7. The van der Waals surface area contributed by atoms with Crippen LogP contribution < -0.4 is 0 Å². The summed E-state index contributed by atoms with van der Waals surface area (Å²) < 4.78 is 5.06. The summed E-state index contributed by atoms with van der Waals surface area (Å²) in [5.74, 6) is -1.37. The summed E-state index contributed by atoms with van der Waals surface area (Å²) in [6, 6.07) is 0.700. The van der Waals surface area contributed by atoms with E-state index in [4.69, 9.17) is 15.1 Å². The minimum atomic E-state index is -1.08. The molecule has 1 saturated heterocycles. The number of nitrogens with zero attached hydrogens (tertiary/aromatic N) is 3. The Balaban J connectivity index is 2.68. The summed E-state index contributed by atoms with van der Waals surface area (Å²) in [5.41, 5.74) is 0. The van der Waals surface area contributed by atoms with Gasteiger partial charge in [-0.3, -0.25) is 0 Å². The van der Waals surface area contributed by atoms with Crippen molar-refractivity contribution in [3.8, 4) is 6.07 Å². The van der Waals surface area contributed by atoms with Crippen molar-refractivity contribution >= 4 is 12.0 Å². The van der Waals surface area contributed by atoms with Gasteiger partial charge in [0.25, 0.3) is 0 Å². The third-order valence-electron chi connectivity index (χ3n) is 2.75. The van der Waals surface area contributed by atoms with Crippen LogP contribution in [0.25, 0.3) is 0 Å². The van der Waals surface area contributed by atoms with Crippen LogP contribution in [0, 0.1) is 17.2 Å². The van der Waals surface area contributed by atoms with Crippen molar-refractivity contribution in [3.05, 3.63) is 0 Å². The number of carbonyl (C=O) groups excluding carboxylic acids is 1. The first-order valence-electron chi connectivity index (χ1n) is 5.69. The average molecular weight is 255 g/mol. The molecule has 18 heavy (non-hydrogen) atoms. The number of nitriles is 1. The molecule has 0 aliphatic carbocycles. The molecule has 100 valence electrons. The molecule has 0 radical (unpaired) electrons. The maximum absolute atomic E-state index is 12.1. The van der Waals surface area contributed by atoms with E-state index in [1.54, 1.807) is 14.0 Å². The topological polar surface area (TPSA) is 93.9 Å². The minimum absolute atomic E-state index is 0.00270. The number of hydrogen-bond donors (Lipinski definition) is 1. The van der Waals surface area contributed by atoms with E-state index in [0.717, 1.165) is 0 Å². The van der Waals surface area contributed by atoms with Gasteiger partial charge in [-0.2, -0.15) is 5.26 Å². The van der Waals surface area contributed by atoms with E-state index in [1.165, 1.54) is 9.80 Å². The fourth-order valence-electron chi connectivity index (χ4n) is 1.79. The largest absolute Gasteiger partial charge is 0.480 e. The van der Waals surface area contributed by atoms with E-state index in [9.17, 15) is 9.59 Å². The maximum Gasteiger partial charge on any atom is 0.328 e. The molecule has 0 spiro atoms. The van der Waals surface area contributed by atoms with Gasteiger partial charge in [0.1, 0.15) is 0 Å². The molecular formula is C11H17N3O4. The Labute approximate surface area is 106 Å². The Hall–Kier alpha value is -1.81. The van der Waals surface area contributed by atoms with Gasteiger partial charge in [-0.1, -0.05) is 0 Å².